The number of alkyl halides is 3. The molecule has 22 heavy (non-hydrogen) atoms. The average Bonchev–Trinajstić information content (AvgIpc) is 2.83. The standard InChI is InChI=1S/C14H16F3N3O2/c1-20(13(22)19-11-5-6-18-12(11)21)8-9-3-2-4-10(7-9)14(15,16)17/h2-4,7,11H,5-6,8H2,1H3,(H,18,21)(H,19,22). The number of urea groups is 1. The second-order valence-electron chi connectivity index (χ2n) is 5.14. The predicted octanol–water partition coefficient (Wildman–Crippen LogP) is 1.74. The largest absolute Gasteiger partial charge is 0.416 e. The SMILES string of the molecule is CN(Cc1cccc(C(F)(F)F)c1)C(=O)NC1CCNC1=O. The van der Waals surface area contributed by atoms with Crippen LogP contribution in [-0.4, -0.2) is 36.5 Å². The molecular formula is C14H16F3N3O2. The highest BCUT2D eigenvalue weighted by Crippen LogP contribution is 2.29. The monoisotopic (exact) mass is 315 g/mol. The summed E-state index contributed by atoms with van der Waals surface area (Å²) in [6.07, 6.45) is -3.92. The highest BCUT2D eigenvalue weighted by Gasteiger charge is 2.30. The van der Waals surface area contributed by atoms with Crippen molar-refractivity contribution >= 4 is 11.9 Å². The average molecular weight is 315 g/mol. The lowest BCUT2D eigenvalue weighted by molar-refractivity contribution is -0.137. The number of hydrogen-bond donors (Lipinski definition) is 2. The highest BCUT2D eigenvalue weighted by atomic mass is 19.4. The fourth-order valence-electron chi connectivity index (χ4n) is 2.18. The molecule has 1 atom stereocenters. The summed E-state index contributed by atoms with van der Waals surface area (Å²) in [5, 5.41) is 5.14. The van der Waals surface area contributed by atoms with Gasteiger partial charge in [0.1, 0.15) is 6.04 Å². The van der Waals surface area contributed by atoms with Gasteiger partial charge >= 0.3 is 12.2 Å². The van der Waals surface area contributed by atoms with E-state index < -0.39 is 23.8 Å². The molecule has 0 aromatic heterocycles. The van der Waals surface area contributed by atoms with E-state index in [0.29, 0.717) is 18.5 Å². The van der Waals surface area contributed by atoms with Crippen molar-refractivity contribution in [1.82, 2.24) is 15.5 Å². The first kappa shape index (κ1) is 16.1. The first-order valence-corrected chi connectivity index (χ1v) is 6.73. The zero-order valence-corrected chi connectivity index (χ0v) is 11.9. The molecule has 1 saturated heterocycles. The van der Waals surface area contributed by atoms with E-state index in [-0.39, 0.29) is 12.5 Å². The van der Waals surface area contributed by atoms with E-state index in [1.165, 1.54) is 24.1 Å². The maximum absolute atomic E-state index is 12.6. The number of nitrogens with zero attached hydrogens (tertiary/aromatic N) is 1. The van der Waals surface area contributed by atoms with Gasteiger partial charge in [0, 0.05) is 20.1 Å². The number of halogens is 3. The van der Waals surface area contributed by atoms with Crippen LogP contribution in [0.4, 0.5) is 18.0 Å². The van der Waals surface area contributed by atoms with Crippen LogP contribution in [0, 0.1) is 0 Å². The van der Waals surface area contributed by atoms with E-state index in [4.69, 9.17) is 0 Å². The van der Waals surface area contributed by atoms with Crippen molar-refractivity contribution in [2.45, 2.75) is 25.2 Å². The molecule has 1 aliphatic heterocycles. The first-order valence-electron chi connectivity index (χ1n) is 6.73. The summed E-state index contributed by atoms with van der Waals surface area (Å²) < 4.78 is 37.9. The predicted molar refractivity (Wildman–Crippen MR) is 72.9 cm³/mol. The highest BCUT2D eigenvalue weighted by molar-refractivity contribution is 5.88. The Hall–Kier alpha value is -2.25. The van der Waals surface area contributed by atoms with E-state index in [1.54, 1.807) is 0 Å². The fraction of sp³-hybridized carbons (Fsp3) is 0.429. The molecule has 0 saturated carbocycles. The molecule has 120 valence electrons. The van der Waals surface area contributed by atoms with Crippen molar-refractivity contribution in [3.63, 3.8) is 0 Å². The van der Waals surface area contributed by atoms with Crippen LogP contribution >= 0.6 is 0 Å². The molecule has 0 spiro atoms. The zero-order valence-electron chi connectivity index (χ0n) is 11.9. The first-order chi connectivity index (χ1) is 10.3. The number of carbonyl (C=O) groups excluding carboxylic acids is 2. The van der Waals surface area contributed by atoms with Gasteiger partial charge in [-0.05, 0) is 24.1 Å². The summed E-state index contributed by atoms with van der Waals surface area (Å²) in [5.41, 5.74) is -0.391. The third kappa shape index (κ3) is 3.90. The van der Waals surface area contributed by atoms with Gasteiger partial charge in [-0.25, -0.2) is 4.79 Å². The van der Waals surface area contributed by atoms with Crippen molar-refractivity contribution < 1.29 is 22.8 Å². The molecule has 1 fully saturated rings. The summed E-state index contributed by atoms with van der Waals surface area (Å²) >= 11 is 0. The zero-order chi connectivity index (χ0) is 16.3. The Balaban J connectivity index is 1.98. The summed E-state index contributed by atoms with van der Waals surface area (Å²) in [7, 11) is 1.46. The number of amides is 3. The minimum Gasteiger partial charge on any atom is -0.354 e. The molecule has 0 bridgehead atoms. The van der Waals surface area contributed by atoms with Gasteiger partial charge in [-0.3, -0.25) is 4.79 Å². The molecule has 1 unspecified atom stereocenters. The molecule has 8 heteroatoms. The molecule has 3 amide bonds. The summed E-state index contributed by atoms with van der Waals surface area (Å²) in [5.74, 6) is -0.249. The Labute approximate surface area is 125 Å². The normalized spacial score (nSPS) is 18.0. The van der Waals surface area contributed by atoms with Crippen LogP contribution in [0.3, 0.4) is 0 Å². The van der Waals surface area contributed by atoms with Crippen molar-refractivity contribution in [2.75, 3.05) is 13.6 Å². The molecule has 2 N–H and O–H groups in total. The Morgan fingerprint density at radius 1 is 1.45 bits per heavy atom. The van der Waals surface area contributed by atoms with Crippen molar-refractivity contribution in [3.8, 4) is 0 Å². The molecule has 1 heterocycles. The van der Waals surface area contributed by atoms with Gasteiger partial charge in [0.15, 0.2) is 0 Å². The minimum absolute atomic E-state index is 0.0179. The topological polar surface area (TPSA) is 61.4 Å². The fourth-order valence-corrected chi connectivity index (χ4v) is 2.18. The molecular weight excluding hydrogens is 299 g/mol. The molecule has 5 nitrogen and oxygen atoms in total. The lowest BCUT2D eigenvalue weighted by Crippen LogP contribution is -2.45. The maximum Gasteiger partial charge on any atom is 0.416 e. The molecule has 0 aliphatic carbocycles. The van der Waals surface area contributed by atoms with Gasteiger partial charge in [-0.1, -0.05) is 12.1 Å². The number of benzene rings is 1. The Morgan fingerprint density at radius 3 is 2.77 bits per heavy atom. The van der Waals surface area contributed by atoms with E-state index in [0.717, 1.165) is 12.1 Å². The second kappa shape index (κ2) is 6.25. The van der Waals surface area contributed by atoms with Crippen molar-refractivity contribution in [3.05, 3.63) is 35.4 Å². The molecule has 2 rings (SSSR count). The Bertz CT molecular complexity index is 575. The van der Waals surface area contributed by atoms with Gasteiger partial charge in [-0.2, -0.15) is 13.2 Å². The van der Waals surface area contributed by atoms with E-state index in [9.17, 15) is 22.8 Å². The van der Waals surface area contributed by atoms with Gasteiger partial charge < -0.3 is 15.5 Å². The maximum atomic E-state index is 12.6. The molecule has 1 aliphatic rings. The summed E-state index contributed by atoms with van der Waals surface area (Å²) in [6, 6.07) is 3.71. The van der Waals surface area contributed by atoms with Crippen LogP contribution in [0.15, 0.2) is 24.3 Å². The van der Waals surface area contributed by atoms with Crippen LogP contribution in [0.25, 0.3) is 0 Å². The van der Waals surface area contributed by atoms with Gasteiger partial charge in [-0.15, -0.1) is 0 Å². The number of hydrogen-bond acceptors (Lipinski definition) is 2. The Morgan fingerprint density at radius 2 is 2.18 bits per heavy atom. The second-order valence-corrected chi connectivity index (χ2v) is 5.14. The third-order valence-corrected chi connectivity index (χ3v) is 3.37. The number of carbonyl (C=O) groups is 2. The Kier molecular flexibility index (Phi) is 4.58. The van der Waals surface area contributed by atoms with Gasteiger partial charge in [0.05, 0.1) is 5.56 Å². The van der Waals surface area contributed by atoms with Gasteiger partial charge in [0.25, 0.3) is 0 Å². The number of rotatable bonds is 3. The smallest absolute Gasteiger partial charge is 0.354 e. The van der Waals surface area contributed by atoms with Crippen molar-refractivity contribution in [2.24, 2.45) is 0 Å². The van der Waals surface area contributed by atoms with Crippen LogP contribution < -0.4 is 10.6 Å². The van der Waals surface area contributed by atoms with Gasteiger partial charge in [0.2, 0.25) is 5.91 Å². The van der Waals surface area contributed by atoms with Crippen LogP contribution in [0.2, 0.25) is 0 Å². The van der Waals surface area contributed by atoms with Crippen molar-refractivity contribution in [1.29, 1.82) is 0 Å². The van der Waals surface area contributed by atoms with E-state index >= 15 is 0 Å². The third-order valence-electron chi connectivity index (χ3n) is 3.37. The molecule has 1 aromatic rings. The number of nitrogens with one attached hydrogen (secondary N) is 2. The summed E-state index contributed by atoms with van der Waals surface area (Å²) in [6.45, 7) is 0.519. The van der Waals surface area contributed by atoms with Crippen LogP contribution in [0.5, 0.6) is 0 Å². The van der Waals surface area contributed by atoms with Crippen LogP contribution in [-0.2, 0) is 17.5 Å². The summed E-state index contributed by atoms with van der Waals surface area (Å²) in [4.78, 5) is 24.6. The molecule has 0 radical (unpaired) electrons. The minimum atomic E-state index is -4.42. The molecule has 1 aromatic carbocycles. The lowest BCUT2D eigenvalue weighted by Gasteiger charge is -2.20. The lowest BCUT2D eigenvalue weighted by atomic mass is 10.1. The quantitative estimate of drug-likeness (QED) is 0.892. The van der Waals surface area contributed by atoms with Crippen LogP contribution in [0.1, 0.15) is 17.5 Å². The van der Waals surface area contributed by atoms with E-state index in [2.05, 4.69) is 10.6 Å². The van der Waals surface area contributed by atoms with E-state index in [1.807, 2.05) is 0 Å².